The molecule has 4 heterocycles. The molecule has 2 aromatic heterocycles. The molecule has 0 radical (unpaired) electrons. The lowest BCUT2D eigenvalue weighted by Crippen LogP contribution is -2.38. The Labute approximate surface area is 200 Å². The fraction of sp³-hybridized carbons (Fsp3) is 0.500. The molecule has 34 heavy (non-hydrogen) atoms. The lowest BCUT2D eigenvalue weighted by molar-refractivity contribution is 0.0949. The Morgan fingerprint density at radius 3 is 2.56 bits per heavy atom. The maximum absolute atomic E-state index is 13.3. The number of nitrogens with zero attached hydrogens (tertiary/aromatic N) is 5. The van der Waals surface area contributed by atoms with Gasteiger partial charge in [0.15, 0.2) is 5.65 Å². The standard InChI is InChI=1S/C26H34N6O2/c1-29-23-11-15-31(18-20-9-5-4-6-10-20)19-22(23)26(34)32-25(29)21(17-28-32)24(33)27-12-16-30-13-7-2-3-8-14-30/h4-6,9-10,17H,2-3,7-8,11-16,18-19H2,1H3,(H,27,33). The number of rotatable bonds is 6. The van der Waals surface area contributed by atoms with Crippen LogP contribution in [-0.2, 0) is 26.6 Å². The van der Waals surface area contributed by atoms with Crippen molar-refractivity contribution in [1.82, 2.24) is 29.3 Å². The van der Waals surface area contributed by atoms with Crippen LogP contribution >= 0.6 is 0 Å². The highest BCUT2D eigenvalue weighted by molar-refractivity contribution is 5.99. The van der Waals surface area contributed by atoms with Crippen LogP contribution in [0.1, 0.15) is 52.9 Å². The molecule has 0 aliphatic carbocycles. The Balaban J connectivity index is 1.32. The van der Waals surface area contributed by atoms with E-state index < -0.39 is 0 Å². The van der Waals surface area contributed by atoms with E-state index in [1.807, 2.05) is 29.8 Å². The predicted octanol–water partition coefficient (Wildman–Crippen LogP) is 2.20. The summed E-state index contributed by atoms with van der Waals surface area (Å²) in [6, 6.07) is 10.3. The van der Waals surface area contributed by atoms with Crippen LogP contribution in [-0.4, -0.2) is 62.6 Å². The van der Waals surface area contributed by atoms with Crippen LogP contribution in [0.15, 0.2) is 41.3 Å². The second kappa shape index (κ2) is 10.1. The topological polar surface area (TPSA) is 74.9 Å². The van der Waals surface area contributed by atoms with Crippen molar-refractivity contribution in [2.45, 2.75) is 45.2 Å². The number of hydrogen-bond donors (Lipinski definition) is 1. The van der Waals surface area contributed by atoms with Gasteiger partial charge in [-0.2, -0.15) is 9.61 Å². The van der Waals surface area contributed by atoms with Gasteiger partial charge < -0.3 is 14.8 Å². The van der Waals surface area contributed by atoms with Crippen LogP contribution in [0.25, 0.3) is 5.65 Å². The highest BCUT2D eigenvalue weighted by Crippen LogP contribution is 2.21. The van der Waals surface area contributed by atoms with Gasteiger partial charge in [-0.15, -0.1) is 0 Å². The minimum Gasteiger partial charge on any atom is -0.351 e. The summed E-state index contributed by atoms with van der Waals surface area (Å²) in [6.45, 7) is 5.94. The Morgan fingerprint density at radius 2 is 1.79 bits per heavy atom. The number of benzene rings is 1. The first kappa shape index (κ1) is 22.8. The van der Waals surface area contributed by atoms with Crippen LogP contribution < -0.4 is 10.9 Å². The normalized spacial score (nSPS) is 17.4. The summed E-state index contributed by atoms with van der Waals surface area (Å²) < 4.78 is 3.39. The van der Waals surface area contributed by atoms with E-state index in [0.717, 1.165) is 50.4 Å². The summed E-state index contributed by atoms with van der Waals surface area (Å²) in [5.41, 5.74) is 3.93. The van der Waals surface area contributed by atoms with E-state index in [1.165, 1.54) is 42.0 Å². The SMILES string of the molecule is Cn1c2c(c(=O)n3ncc(C(=O)NCCN4CCCCCC4)c13)CN(Cc1ccccc1)CC2. The molecule has 0 spiro atoms. The van der Waals surface area contributed by atoms with E-state index in [9.17, 15) is 9.59 Å². The van der Waals surface area contributed by atoms with Crippen LogP contribution in [0.4, 0.5) is 0 Å². The minimum absolute atomic E-state index is 0.121. The summed E-state index contributed by atoms with van der Waals surface area (Å²) in [6.07, 6.45) is 7.37. The Bertz CT molecular complexity index is 1210. The molecule has 2 aliphatic heterocycles. The van der Waals surface area contributed by atoms with E-state index in [0.29, 0.717) is 24.3 Å². The predicted molar refractivity (Wildman–Crippen MR) is 132 cm³/mol. The summed E-state index contributed by atoms with van der Waals surface area (Å²) in [7, 11) is 1.94. The van der Waals surface area contributed by atoms with Crippen molar-refractivity contribution in [3.8, 4) is 0 Å². The van der Waals surface area contributed by atoms with E-state index in [4.69, 9.17) is 0 Å². The van der Waals surface area contributed by atoms with Gasteiger partial charge in [-0.3, -0.25) is 14.5 Å². The molecule has 8 heteroatoms. The van der Waals surface area contributed by atoms with Crippen molar-refractivity contribution in [2.24, 2.45) is 7.05 Å². The molecule has 5 rings (SSSR count). The monoisotopic (exact) mass is 462 g/mol. The molecule has 0 unspecified atom stereocenters. The van der Waals surface area contributed by atoms with Gasteiger partial charge in [-0.05, 0) is 31.5 Å². The molecule has 1 aromatic carbocycles. The first-order valence-corrected chi connectivity index (χ1v) is 12.5. The minimum atomic E-state index is -0.165. The summed E-state index contributed by atoms with van der Waals surface area (Å²) in [5.74, 6) is -0.165. The van der Waals surface area contributed by atoms with Crippen LogP contribution in [0, 0.1) is 0 Å². The zero-order valence-electron chi connectivity index (χ0n) is 20.0. The maximum atomic E-state index is 13.3. The van der Waals surface area contributed by atoms with Gasteiger partial charge in [0, 0.05) is 51.9 Å². The lowest BCUT2D eigenvalue weighted by Gasteiger charge is -2.29. The molecular weight excluding hydrogens is 428 g/mol. The maximum Gasteiger partial charge on any atom is 0.279 e. The van der Waals surface area contributed by atoms with Crippen molar-refractivity contribution >= 4 is 11.6 Å². The number of hydrogen-bond acceptors (Lipinski definition) is 5. The molecule has 3 aromatic rings. The highest BCUT2D eigenvalue weighted by Gasteiger charge is 2.26. The van der Waals surface area contributed by atoms with Crippen molar-refractivity contribution < 1.29 is 4.79 Å². The number of amides is 1. The largest absolute Gasteiger partial charge is 0.351 e. The van der Waals surface area contributed by atoms with Crippen molar-refractivity contribution in [3.63, 3.8) is 0 Å². The van der Waals surface area contributed by atoms with Gasteiger partial charge in [0.05, 0.1) is 11.8 Å². The third kappa shape index (κ3) is 4.65. The quantitative estimate of drug-likeness (QED) is 0.608. The second-order valence-electron chi connectivity index (χ2n) is 9.54. The second-order valence-corrected chi connectivity index (χ2v) is 9.54. The molecule has 2 aliphatic rings. The molecule has 1 fully saturated rings. The molecular formula is C26H34N6O2. The molecule has 0 saturated carbocycles. The number of carbonyl (C=O) groups is 1. The number of carbonyl (C=O) groups excluding carboxylic acids is 1. The molecule has 1 N–H and O–H groups in total. The van der Waals surface area contributed by atoms with Gasteiger partial charge in [0.2, 0.25) is 0 Å². The van der Waals surface area contributed by atoms with E-state index in [1.54, 1.807) is 0 Å². The number of nitrogens with one attached hydrogen (secondary N) is 1. The van der Waals surface area contributed by atoms with Crippen molar-refractivity contribution in [3.05, 3.63) is 69.3 Å². The van der Waals surface area contributed by atoms with Crippen LogP contribution in [0.3, 0.4) is 0 Å². The number of aryl methyl sites for hydroxylation is 1. The highest BCUT2D eigenvalue weighted by atomic mass is 16.2. The summed E-state index contributed by atoms with van der Waals surface area (Å²) >= 11 is 0. The average Bonchev–Trinajstić information content (AvgIpc) is 3.14. The van der Waals surface area contributed by atoms with Crippen LogP contribution in [0.2, 0.25) is 0 Å². The fourth-order valence-electron chi connectivity index (χ4n) is 5.36. The Kier molecular flexibility index (Phi) is 6.78. The van der Waals surface area contributed by atoms with Gasteiger partial charge in [0.25, 0.3) is 11.5 Å². The fourth-order valence-corrected chi connectivity index (χ4v) is 5.36. The van der Waals surface area contributed by atoms with Crippen LogP contribution in [0.5, 0.6) is 0 Å². The average molecular weight is 463 g/mol. The van der Waals surface area contributed by atoms with Crippen molar-refractivity contribution in [2.75, 3.05) is 32.7 Å². The number of fused-ring (bicyclic) bond motifs is 2. The van der Waals surface area contributed by atoms with Crippen molar-refractivity contribution in [1.29, 1.82) is 0 Å². The zero-order valence-corrected chi connectivity index (χ0v) is 20.0. The molecule has 0 atom stereocenters. The zero-order chi connectivity index (χ0) is 23.5. The van der Waals surface area contributed by atoms with E-state index in [-0.39, 0.29) is 11.5 Å². The van der Waals surface area contributed by atoms with E-state index >= 15 is 0 Å². The smallest absolute Gasteiger partial charge is 0.279 e. The first-order chi connectivity index (χ1) is 16.6. The molecule has 8 nitrogen and oxygen atoms in total. The molecule has 180 valence electrons. The number of likely N-dealkylation sites (tertiary alicyclic amines) is 1. The van der Waals surface area contributed by atoms with Gasteiger partial charge >= 0.3 is 0 Å². The lowest BCUT2D eigenvalue weighted by atomic mass is 10.1. The third-order valence-corrected chi connectivity index (χ3v) is 7.22. The summed E-state index contributed by atoms with van der Waals surface area (Å²) in [4.78, 5) is 31.1. The van der Waals surface area contributed by atoms with Gasteiger partial charge in [-0.1, -0.05) is 43.2 Å². The third-order valence-electron chi connectivity index (χ3n) is 7.22. The number of aromatic nitrogens is 3. The molecule has 0 bridgehead atoms. The van der Waals surface area contributed by atoms with E-state index in [2.05, 4.69) is 32.3 Å². The molecule has 1 amide bonds. The molecule has 1 saturated heterocycles. The first-order valence-electron chi connectivity index (χ1n) is 12.5. The van der Waals surface area contributed by atoms with Gasteiger partial charge in [0.1, 0.15) is 5.56 Å². The Hall–Kier alpha value is -2.97. The Morgan fingerprint density at radius 1 is 1.03 bits per heavy atom. The van der Waals surface area contributed by atoms with Gasteiger partial charge in [-0.25, -0.2) is 0 Å². The summed E-state index contributed by atoms with van der Waals surface area (Å²) in [5, 5.41) is 7.37.